The summed E-state index contributed by atoms with van der Waals surface area (Å²) in [4.78, 5) is 0. The van der Waals surface area contributed by atoms with Crippen LogP contribution in [0.2, 0.25) is 0 Å². The number of aryl methyl sites for hydroxylation is 1. The minimum Gasteiger partial charge on any atom is -0.374 e. The molecule has 2 rings (SSSR count). The summed E-state index contributed by atoms with van der Waals surface area (Å²) in [6.07, 6.45) is 2.35. The van der Waals surface area contributed by atoms with Crippen molar-refractivity contribution >= 4 is 0 Å². The molecule has 0 amide bonds. The predicted octanol–water partition coefficient (Wildman–Crippen LogP) is 2.63. The van der Waals surface area contributed by atoms with Gasteiger partial charge in [0.15, 0.2) is 0 Å². The lowest BCUT2D eigenvalue weighted by molar-refractivity contribution is 0.0789. The van der Waals surface area contributed by atoms with Crippen molar-refractivity contribution in [3.8, 4) is 0 Å². The fourth-order valence-corrected chi connectivity index (χ4v) is 1.58. The smallest absolute Gasteiger partial charge is 0.0929 e. The van der Waals surface area contributed by atoms with Crippen molar-refractivity contribution < 1.29 is 4.74 Å². The van der Waals surface area contributed by atoms with Gasteiger partial charge in [-0.2, -0.15) is 0 Å². The van der Waals surface area contributed by atoms with Crippen LogP contribution in [0.5, 0.6) is 0 Å². The summed E-state index contributed by atoms with van der Waals surface area (Å²) in [7, 11) is 1.80. The summed E-state index contributed by atoms with van der Waals surface area (Å²) >= 11 is 0. The Morgan fingerprint density at radius 2 is 1.75 bits per heavy atom. The molecule has 0 unspecified atom stereocenters. The van der Waals surface area contributed by atoms with E-state index in [1.807, 2.05) is 0 Å². The largest absolute Gasteiger partial charge is 0.374 e. The van der Waals surface area contributed by atoms with Gasteiger partial charge in [-0.15, -0.1) is 0 Å². The minimum atomic E-state index is 0.0771. The summed E-state index contributed by atoms with van der Waals surface area (Å²) in [6.45, 7) is 2.11. The number of rotatable bonds is 2. The molecule has 0 saturated heterocycles. The fraction of sp³-hybridized carbons (Fsp3) is 0.455. The van der Waals surface area contributed by atoms with Gasteiger partial charge in [-0.1, -0.05) is 29.8 Å². The highest BCUT2D eigenvalue weighted by Gasteiger charge is 2.44. The number of benzene rings is 1. The van der Waals surface area contributed by atoms with Crippen LogP contribution in [0.15, 0.2) is 24.3 Å². The lowest BCUT2D eigenvalue weighted by Crippen LogP contribution is -2.08. The van der Waals surface area contributed by atoms with Crippen molar-refractivity contribution in [1.82, 2.24) is 0 Å². The summed E-state index contributed by atoms with van der Waals surface area (Å²) in [6, 6.07) is 8.64. The average Bonchev–Trinajstić information content (AvgIpc) is 2.86. The molecule has 1 nitrogen and oxygen atoms in total. The molecule has 1 aromatic rings. The van der Waals surface area contributed by atoms with E-state index in [0.29, 0.717) is 0 Å². The van der Waals surface area contributed by atoms with E-state index in [4.69, 9.17) is 4.74 Å². The summed E-state index contributed by atoms with van der Waals surface area (Å²) in [5.41, 5.74) is 2.72. The maximum atomic E-state index is 5.47. The van der Waals surface area contributed by atoms with Crippen LogP contribution in [0.25, 0.3) is 0 Å². The molecular weight excluding hydrogens is 148 g/mol. The zero-order valence-corrected chi connectivity index (χ0v) is 7.63. The molecule has 0 atom stereocenters. The minimum absolute atomic E-state index is 0.0771. The highest BCUT2D eigenvalue weighted by Crippen LogP contribution is 2.48. The van der Waals surface area contributed by atoms with Crippen LogP contribution in [0.3, 0.4) is 0 Å². The zero-order chi connectivity index (χ0) is 8.60. The van der Waals surface area contributed by atoms with Crippen molar-refractivity contribution in [1.29, 1.82) is 0 Å². The summed E-state index contributed by atoms with van der Waals surface area (Å²) in [5, 5.41) is 0. The zero-order valence-electron chi connectivity index (χ0n) is 7.63. The molecule has 1 aromatic carbocycles. The van der Waals surface area contributed by atoms with Gasteiger partial charge < -0.3 is 4.74 Å². The van der Waals surface area contributed by atoms with E-state index in [1.54, 1.807) is 7.11 Å². The van der Waals surface area contributed by atoms with Gasteiger partial charge in [-0.25, -0.2) is 0 Å². The van der Waals surface area contributed by atoms with Crippen LogP contribution in [-0.4, -0.2) is 7.11 Å². The van der Waals surface area contributed by atoms with Crippen molar-refractivity contribution in [3.63, 3.8) is 0 Å². The van der Waals surface area contributed by atoms with Crippen molar-refractivity contribution in [2.24, 2.45) is 0 Å². The molecule has 12 heavy (non-hydrogen) atoms. The molecule has 0 spiro atoms. The molecule has 0 bridgehead atoms. The fourth-order valence-electron chi connectivity index (χ4n) is 1.58. The van der Waals surface area contributed by atoms with Gasteiger partial charge in [0, 0.05) is 7.11 Å². The maximum absolute atomic E-state index is 5.47. The van der Waals surface area contributed by atoms with Gasteiger partial charge in [0.05, 0.1) is 5.60 Å². The predicted molar refractivity (Wildman–Crippen MR) is 49.1 cm³/mol. The second-order valence-electron chi connectivity index (χ2n) is 3.56. The standard InChI is InChI=1S/C11H14O/c1-9-3-5-10(6-4-9)11(12-2)7-8-11/h3-6H,7-8H2,1-2H3. The maximum Gasteiger partial charge on any atom is 0.0929 e. The van der Waals surface area contributed by atoms with E-state index in [-0.39, 0.29) is 5.60 Å². The van der Waals surface area contributed by atoms with Gasteiger partial charge in [0.1, 0.15) is 0 Å². The summed E-state index contributed by atoms with van der Waals surface area (Å²) in [5.74, 6) is 0. The SMILES string of the molecule is COC1(c2ccc(C)cc2)CC1. The first-order valence-corrected chi connectivity index (χ1v) is 4.39. The van der Waals surface area contributed by atoms with E-state index in [1.165, 1.54) is 24.0 Å². The molecular formula is C11H14O. The Bertz CT molecular complexity index is 270. The van der Waals surface area contributed by atoms with Crippen LogP contribution in [0.4, 0.5) is 0 Å². The van der Waals surface area contributed by atoms with E-state index in [2.05, 4.69) is 31.2 Å². The molecule has 0 aromatic heterocycles. The molecule has 1 saturated carbocycles. The molecule has 1 fully saturated rings. The van der Waals surface area contributed by atoms with Crippen molar-refractivity contribution in [2.45, 2.75) is 25.4 Å². The Kier molecular flexibility index (Phi) is 1.69. The monoisotopic (exact) mass is 162 g/mol. The molecule has 0 radical (unpaired) electrons. The Morgan fingerprint density at radius 3 is 2.17 bits per heavy atom. The van der Waals surface area contributed by atoms with Crippen molar-refractivity contribution in [3.05, 3.63) is 35.4 Å². The van der Waals surface area contributed by atoms with Gasteiger partial charge in [-0.3, -0.25) is 0 Å². The third kappa shape index (κ3) is 1.14. The highest BCUT2D eigenvalue weighted by atomic mass is 16.5. The lowest BCUT2D eigenvalue weighted by atomic mass is 10.1. The van der Waals surface area contributed by atoms with Gasteiger partial charge in [0.2, 0.25) is 0 Å². The Balaban J connectivity index is 2.29. The first-order valence-electron chi connectivity index (χ1n) is 4.39. The highest BCUT2D eigenvalue weighted by molar-refractivity contribution is 5.30. The molecule has 1 aliphatic carbocycles. The molecule has 64 valence electrons. The Labute approximate surface area is 73.4 Å². The molecule has 1 aliphatic rings. The normalized spacial score (nSPS) is 19.2. The van der Waals surface area contributed by atoms with E-state index >= 15 is 0 Å². The van der Waals surface area contributed by atoms with E-state index in [0.717, 1.165) is 0 Å². The van der Waals surface area contributed by atoms with Crippen LogP contribution >= 0.6 is 0 Å². The van der Waals surface area contributed by atoms with Gasteiger partial charge in [0.25, 0.3) is 0 Å². The first kappa shape index (κ1) is 7.81. The third-order valence-corrected chi connectivity index (χ3v) is 2.67. The number of methoxy groups -OCH3 is 1. The van der Waals surface area contributed by atoms with Crippen LogP contribution < -0.4 is 0 Å². The first-order chi connectivity index (χ1) is 5.77. The quantitative estimate of drug-likeness (QED) is 0.649. The molecule has 0 N–H and O–H groups in total. The second-order valence-corrected chi connectivity index (χ2v) is 3.56. The molecule has 0 aliphatic heterocycles. The van der Waals surface area contributed by atoms with Gasteiger partial charge >= 0.3 is 0 Å². The number of hydrogen-bond acceptors (Lipinski definition) is 1. The van der Waals surface area contributed by atoms with Crippen LogP contribution in [0.1, 0.15) is 24.0 Å². The van der Waals surface area contributed by atoms with E-state index < -0.39 is 0 Å². The summed E-state index contributed by atoms with van der Waals surface area (Å²) < 4.78 is 5.47. The topological polar surface area (TPSA) is 9.23 Å². The number of ether oxygens (including phenoxy) is 1. The lowest BCUT2D eigenvalue weighted by Gasteiger charge is -2.13. The van der Waals surface area contributed by atoms with Crippen LogP contribution in [-0.2, 0) is 10.3 Å². The third-order valence-electron chi connectivity index (χ3n) is 2.67. The average molecular weight is 162 g/mol. The Morgan fingerprint density at radius 1 is 1.17 bits per heavy atom. The van der Waals surface area contributed by atoms with Gasteiger partial charge in [-0.05, 0) is 25.3 Å². The second kappa shape index (κ2) is 2.60. The molecule has 0 heterocycles. The van der Waals surface area contributed by atoms with Crippen LogP contribution in [0, 0.1) is 6.92 Å². The Hall–Kier alpha value is -0.820. The van der Waals surface area contributed by atoms with Crippen molar-refractivity contribution in [2.75, 3.05) is 7.11 Å². The number of hydrogen-bond donors (Lipinski definition) is 0. The van der Waals surface area contributed by atoms with E-state index in [9.17, 15) is 0 Å². The molecule has 1 heteroatoms.